The molecule has 144 valence electrons. The summed E-state index contributed by atoms with van der Waals surface area (Å²) in [5.41, 5.74) is 4.00. The molecule has 28 heavy (non-hydrogen) atoms. The third-order valence-corrected chi connectivity index (χ3v) is 4.28. The van der Waals surface area contributed by atoms with Crippen LogP contribution in [0.25, 0.3) is 16.8 Å². The van der Waals surface area contributed by atoms with Crippen LogP contribution < -0.4 is 14.8 Å². The quantitative estimate of drug-likeness (QED) is 0.635. The minimum Gasteiger partial charge on any atom is -0.496 e. The number of methoxy groups -OCH3 is 2. The van der Waals surface area contributed by atoms with Crippen molar-refractivity contribution in [1.29, 1.82) is 0 Å². The van der Waals surface area contributed by atoms with Gasteiger partial charge in [0.15, 0.2) is 0 Å². The molecular formula is C22H23N3O3. The lowest BCUT2D eigenvalue weighted by Gasteiger charge is -2.14. The van der Waals surface area contributed by atoms with E-state index in [9.17, 15) is 4.79 Å². The van der Waals surface area contributed by atoms with Crippen LogP contribution in [-0.4, -0.2) is 36.2 Å². The molecule has 6 heteroatoms. The number of hydrogen-bond acceptors (Lipinski definition) is 4. The van der Waals surface area contributed by atoms with E-state index in [1.807, 2.05) is 49.4 Å². The van der Waals surface area contributed by atoms with Gasteiger partial charge in [-0.2, -0.15) is 0 Å². The lowest BCUT2D eigenvalue weighted by Crippen LogP contribution is -2.26. The summed E-state index contributed by atoms with van der Waals surface area (Å²) in [5, 5.41) is 2.83. The van der Waals surface area contributed by atoms with Gasteiger partial charge in [-0.1, -0.05) is 30.4 Å². The molecule has 0 aliphatic carbocycles. The minimum absolute atomic E-state index is 0.198. The average molecular weight is 377 g/mol. The van der Waals surface area contributed by atoms with Crippen molar-refractivity contribution in [3.05, 3.63) is 72.8 Å². The Morgan fingerprint density at radius 1 is 1.11 bits per heavy atom. The van der Waals surface area contributed by atoms with Crippen LogP contribution in [0.3, 0.4) is 0 Å². The topological polar surface area (TPSA) is 65.4 Å². The van der Waals surface area contributed by atoms with Gasteiger partial charge in [-0.3, -0.25) is 9.36 Å². The zero-order chi connectivity index (χ0) is 20.1. The van der Waals surface area contributed by atoms with Crippen molar-refractivity contribution in [1.82, 2.24) is 14.9 Å². The first-order chi connectivity index (χ1) is 13.5. The predicted molar refractivity (Wildman–Crippen MR) is 109 cm³/mol. The molecule has 0 aliphatic rings. The number of nitrogens with one attached hydrogen (secondary N) is 1. The van der Waals surface area contributed by atoms with Crippen molar-refractivity contribution in [2.45, 2.75) is 6.92 Å². The van der Waals surface area contributed by atoms with E-state index in [1.54, 1.807) is 31.3 Å². The van der Waals surface area contributed by atoms with Crippen molar-refractivity contribution in [3.8, 4) is 28.3 Å². The van der Waals surface area contributed by atoms with Gasteiger partial charge < -0.3 is 14.8 Å². The Hall–Kier alpha value is -3.54. The number of rotatable bonds is 7. The molecule has 0 radical (unpaired) electrons. The van der Waals surface area contributed by atoms with Crippen molar-refractivity contribution < 1.29 is 14.3 Å². The summed E-state index contributed by atoms with van der Waals surface area (Å²) in [4.78, 5) is 16.5. The van der Waals surface area contributed by atoms with Crippen LogP contribution in [0.4, 0.5) is 0 Å². The minimum atomic E-state index is -0.198. The summed E-state index contributed by atoms with van der Waals surface area (Å²) < 4.78 is 12.7. The summed E-state index contributed by atoms with van der Waals surface area (Å²) in [6.45, 7) is 6.09. The highest BCUT2D eigenvalue weighted by Gasteiger charge is 2.15. The molecule has 0 saturated heterocycles. The second-order valence-corrected chi connectivity index (χ2v) is 6.37. The van der Waals surface area contributed by atoms with Gasteiger partial charge in [0, 0.05) is 12.2 Å². The second kappa shape index (κ2) is 8.43. The van der Waals surface area contributed by atoms with E-state index in [-0.39, 0.29) is 5.91 Å². The van der Waals surface area contributed by atoms with Gasteiger partial charge in [0.25, 0.3) is 5.91 Å². The molecule has 0 bridgehead atoms. The van der Waals surface area contributed by atoms with Crippen LogP contribution in [0.1, 0.15) is 17.4 Å². The summed E-state index contributed by atoms with van der Waals surface area (Å²) in [6.07, 6.45) is 3.17. The number of benzene rings is 2. The van der Waals surface area contributed by atoms with Gasteiger partial charge in [0.05, 0.1) is 32.3 Å². The van der Waals surface area contributed by atoms with Crippen molar-refractivity contribution in [3.63, 3.8) is 0 Å². The molecule has 1 amide bonds. The Balaban J connectivity index is 1.93. The fourth-order valence-electron chi connectivity index (χ4n) is 2.91. The lowest BCUT2D eigenvalue weighted by molar-refractivity contribution is 0.0950. The summed E-state index contributed by atoms with van der Waals surface area (Å²) in [5.74, 6) is 1.26. The molecule has 1 aromatic heterocycles. The molecule has 1 heterocycles. The SMILES string of the molecule is C=C(C)CNC(=O)c1cncn1-c1ccc(-c2c(OC)cccc2OC)cc1. The Morgan fingerprint density at radius 3 is 2.32 bits per heavy atom. The molecule has 3 aromatic rings. The maximum atomic E-state index is 12.4. The second-order valence-electron chi connectivity index (χ2n) is 6.37. The maximum Gasteiger partial charge on any atom is 0.270 e. The number of imidazole rings is 1. The molecule has 0 saturated carbocycles. The normalized spacial score (nSPS) is 10.4. The van der Waals surface area contributed by atoms with E-state index in [0.29, 0.717) is 12.2 Å². The predicted octanol–water partition coefficient (Wildman–Crippen LogP) is 3.86. The van der Waals surface area contributed by atoms with Crippen LogP contribution in [0.15, 0.2) is 67.1 Å². The van der Waals surface area contributed by atoms with Crippen LogP contribution in [0.5, 0.6) is 11.5 Å². The van der Waals surface area contributed by atoms with Crippen molar-refractivity contribution in [2.75, 3.05) is 20.8 Å². The number of aromatic nitrogens is 2. The Bertz CT molecular complexity index is 968. The molecule has 0 fully saturated rings. The van der Waals surface area contributed by atoms with E-state index in [2.05, 4.69) is 16.9 Å². The first-order valence-corrected chi connectivity index (χ1v) is 8.82. The van der Waals surface area contributed by atoms with E-state index in [1.165, 1.54) is 0 Å². The molecule has 1 N–H and O–H groups in total. The molecule has 3 rings (SSSR count). The van der Waals surface area contributed by atoms with E-state index in [4.69, 9.17) is 9.47 Å². The maximum absolute atomic E-state index is 12.4. The molecule has 6 nitrogen and oxygen atoms in total. The standard InChI is InChI=1S/C22H23N3O3/c1-15(2)12-24-22(26)18-13-23-14-25(18)17-10-8-16(9-11-17)21-19(27-3)6-5-7-20(21)28-4/h5-11,13-14H,1,12H2,2-4H3,(H,24,26). The zero-order valence-electron chi connectivity index (χ0n) is 16.2. The molecule has 2 aromatic carbocycles. The van der Waals surface area contributed by atoms with Crippen molar-refractivity contribution in [2.24, 2.45) is 0 Å². The van der Waals surface area contributed by atoms with E-state index >= 15 is 0 Å². The third kappa shape index (κ3) is 3.91. The van der Waals surface area contributed by atoms with Gasteiger partial charge >= 0.3 is 0 Å². The van der Waals surface area contributed by atoms with E-state index in [0.717, 1.165) is 33.9 Å². The molecule has 0 atom stereocenters. The first kappa shape index (κ1) is 19.2. The van der Waals surface area contributed by atoms with Gasteiger partial charge in [-0.25, -0.2) is 4.98 Å². The summed E-state index contributed by atoms with van der Waals surface area (Å²) >= 11 is 0. The van der Waals surface area contributed by atoms with Crippen LogP contribution in [-0.2, 0) is 0 Å². The molecule has 0 spiro atoms. The highest BCUT2D eigenvalue weighted by Crippen LogP contribution is 2.38. The Morgan fingerprint density at radius 2 is 1.75 bits per heavy atom. The average Bonchev–Trinajstić information content (AvgIpc) is 3.21. The number of carbonyl (C=O) groups excluding carboxylic acids is 1. The van der Waals surface area contributed by atoms with E-state index < -0.39 is 0 Å². The fourth-order valence-corrected chi connectivity index (χ4v) is 2.91. The molecule has 0 unspecified atom stereocenters. The number of ether oxygens (including phenoxy) is 2. The van der Waals surface area contributed by atoms with Crippen LogP contribution in [0, 0.1) is 0 Å². The number of hydrogen-bond donors (Lipinski definition) is 1. The van der Waals surface area contributed by atoms with Gasteiger partial charge in [0.1, 0.15) is 17.2 Å². The summed E-state index contributed by atoms with van der Waals surface area (Å²) in [7, 11) is 3.27. The Kier molecular flexibility index (Phi) is 5.79. The fraction of sp³-hybridized carbons (Fsp3) is 0.182. The highest BCUT2D eigenvalue weighted by molar-refractivity contribution is 5.93. The lowest BCUT2D eigenvalue weighted by atomic mass is 10.0. The van der Waals surface area contributed by atoms with Gasteiger partial charge in [-0.15, -0.1) is 0 Å². The smallest absolute Gasteiger partial charge is 0.270 e. The van der Waals surface area contributed by atoms with Crippen LogP contribution in [0.2, 0.25) is 0 Å². The Labute approximate surface area is 164 Å². The zero-order valence-corrected chi connectivity index (χ0v) is 16.2. The van der Waals surface area contributed by atoms with Gasteiger partial charge in [-0.05, 0) is 36.8 Å². The van der Waals surface area contributed by atoms with Gasteiger partial charge in [0.2, 0.25) is 0 Å². The number of nitrogens with zero attached hydrogens (tertiary/aromatic N) is 2. The monoisotopic (exact) mass is 377 g/mol. The largest absolute Gasteiger partial charge is 0.496 e. The van der Waals surface area contributed by atoms with Crippen LogP contribution >= 0.6 is 0 Å². The van der Waals surface area contributed by atoms with Crippen molar-refractivity contribution >= 4 is 5.91 Å². The summed E-state index contributed by atoms with van der Waals surface area (Å²) in [6, 6.07) is 13.5. The molecular weight excluding hydrogens is 354 g/mol. The number of amides is 1. The number of carbonyl (C=O) groups is 1. The highest BCUT2D eigenvalue weighted by atomic mass is 16.5. The third-order valence-electron chi connectivity index (χ3n) is 4.28. The first-order valence-electron chi connectivity index (χ1n) is 8.82. The molecule has 0 aliphatic heterocycles.